The van der Waals surface area contributed by atoms with Crippen molar-refractivity contribution in [3.63, 3.8) is 0 Å². The van der Waals surface area contributed by atoms with Gasteiger partial charge in [0.15, 0.2) is 0 Å². The lowest BCUT2D eigenvalue weighted by Crippen LogP contribution is -2.25. The van der Waals surface area contributed by atoms with Gasteiger partial charge in [-0.3, -0.25) is 19.2 Å². The van der Waals surface area contributed by atoms with Crippen LogP contribution in [0.2, 0.25) is 0 Å². The van der Waals surface area contributed by atoms with E-state index in [2.05, 4.69) is 284 Å². The Bertz CT molecular complexity index is 6590. The molecule has 13 aromatic rings. The standard InChI is InChI=1S/C30H37NO2.C30H35NO.C28H33NO3.C22H26O3.C10H14O.C6H7N.C2H2O3/c1-20-14-15-21(29(2,3)4)18-24(20)27(28(32)31-23-12-10-9-11-13-23)25-19-22(30(5,6)7)16-17-26(25)33-8;1-21-14-15-22(29(2,3)4)18-25(21)27(20-31-24-12-10-9-11-13-24)26-19-23(30(5,6)7)16-17-28(26)32-8;1-27(2,3)18-12-14-23(30)21(16-18)25(26(32)29-20-10-8-7-9-11-20)22-17-19(28(4,5)6)13-15-24(22)31;1-21(2,3)13-7-9-17(23)15(11-13)19-16-12-14(22(4,5)6)8-10-18(16)25-20(19)24;1-10(2,3)8-4-6-9(11)7-5-8;7-6-4-2-1-3-5-6;3-1-2(4)5/h9-19,27H,1-8H3,(H,31,32);9-19H,1-8H3;7-17,25,30-31H,1-6H3,(H,29,32);7-12,19,23H,1-6H3;4-7,11H,1-3H3;1-5H,7H2;1H,(H,4,5). The summed E-state index contributed by atoms with van der Waals surface area (Å²) in [4.78, 5) is 62.7. The molecule has 1 aliphatic rings. The number of aryl methyl sites for hydroxylation is 2. The number of hydrogen-bond donors (Lipinski definition) is 8. The highest BCUT2D eigenvalue weighted by molar-refractivity contribution is 6.19. The Kier molecular flexibility index (Phi) is 38.9. The van der Waals surface area contributed by atoms with Crippen molar-refractivity contribution >= 4 is 64.2 Å². The van der Waals surface area contributed by atoms with Gasteiger partial charge in [0.25, 0.3) is 0 Å². The summed E-state index contributed by atoms with van der Waals surface area (Å²) in [5.74, 6) is 1.90. The SMILES string of the molecule is CC(C)(C)c1ccc(O)c(C(C(=O)Nc2ccccc2)c2cc(C(C)(C)C)ccc2O)c1.CC(C)(C)c1ccc(O)c(C2C(=O)Oc3ccc(C(C)(C)C)cc32)c1.CC(C)(C)c1ccc(O)cc1.COc1ccc(C(C)(C)C)cc1C(=C=Nc1ccccc1)c1cc(C(C)(C)C)ccc1C.COc1ccc(C(C)(C)C)cc1C(C(=O)Nc1ccccc1)c1cc(C(C)(C)C)ccc1C.Nc1ccccc1.O=CC(=O)O. The smallest absolute Gasteiger partial charge is 0.368 e. The summed E-state index contributed by atoms with van der Waals surface area (Å²) in [6.07, 6.45) is -0.167. The minimum Gasteiger partial charge on any atom is -0.508 e. The average Bonchev–Trinajstić information content (AvgIpc) is 1.57. The van der Waals surface area contributed by atoms with Crippen LogP contribution in [0.3, 0.4) is 0 Å². The number of phenolic OH excluding ortho intramolecular Hbond substituents is 4. The molecule has 0 radical (unpaired) electrons. The molecule has 13 aromatic carbocycles. The molecular weight excluding hydrogens is 1800 g/mol. The number of nitrogens with one attached hydrogen (secondary N) is 2. The first-order valence-corrected chi connectivity index (χ1v) is 49.3. The molecule has 1 heterocycles. The van der Waals surface area contributed by atoms with Crippen molar-refractivity contribution < 1.29 is 63.7 Å². The van der Waals surface area contributed by atoms with E-state index < -0.39 is 23.7 Å². The molecule has 0 bridgehead atoms. The Morgan fingerprint density at radius 2 is 0.683 bits per heavy atom. The molecule has 1 aliphatic heterocycles. The molecule has 17 nitrogen and oxygen atoms in total. The first-order chi connectivity index (χ1) is 67.4. The number of aromatic hydroxyl groups is 4. The van der Waals surface area contributed by atoms with E-state index in [1.165, 1.54) is 33.4 Å². The average molecular weight is 1960 g/mol. The molecule has 2 unspecified atom stereocenters. The maximum Gasteiger partial charge on any atom is 0.368 e. The molecule has 764 valence electrons. The summed E-state index contributed by atoms with van der Waals surface area (Å²) >= 11 is 0. The fraction of sp³-hybridized carbons (Fsp3) is 0.336. The molecule has 0 aliphatic carbocycles. The molecule has 145 heavy (non-hydrogen) atoms. The van der Waals surface area contributed by atoms with Crippen LogP contribution in [0.4, 0.5) is 22.7 Å². The van der Waals surface area contributed by atoms with Gasteiger partial charge in [-0.05, 0) is 250 Å². The third-order valence-corrected chi connectivity index (χ3v) is 25.1. The number of carbonyl (C=O) groups is 5. The Morgan fingerprint density at radius 1 is 0.366 bits per heavy atom. The Labute approximate surface area is 862 Å². The van der Waals surface area contributed by atoms with Crippen molar-refractivity contribution in [1.29, 1.82) is 0 Å². The predicted molar refractivity (Wildman–Crippen MR) is 597 cm³/mol. The van der Waals surface area contributed by atoms with Gasteiger partial charge >= 0.3 is 11.9 Å². The predicted octanol–water partition coefficient (Wildman–Crippen LogP) is 30.1. The summed E-state index contributed by atoms with van der Waals surface area (Å²) < 4.78 is 17.0. The largest absolute Gasteiger partial charge is 0.508 e. The first kappa shape index (κ1) is 116. The zero-order valence-electron chi connectivity index (χ0n) is 91.0. The molecule has 9 N–H and O–H groups in total. The number of carboxylic acids is 1. The van der Waals surface area contributed by atoms with Gasteiger partial charge in [-0.15, -0.1) is 0 Å². The molecule has 17 heteroatoms. The number of para-hydroxylation sites is 4. The van der Waals surface area contributed by atoms with Gasteiger partial charge < -0.3 is 56.1 Å². The van der Waals surface area contributed by atoms with Crippen LogP contribution in [0.5, 0.6) is 40.2 Å². The number of fused-ring (bicyclic) bond motifs is 1. The molecule has 0 spiro atoms. The van der Waals surface area contributed by atoms with Crippen molar-refractivity contribution in [2.24, 2.45) is 4.99 Å². The third kappa shape index (κ3) is 33.0. The molecular formula is C128H154N4O13. The molecule has 14 rings (SSSR count). The normalized spacial score (nSPS) is 12.7. The van der Waals surface area contributed by atoms with Crippen LogP contribution in [0, 0.1) is 13.8 Å². The number of carbonyl (C=O) groups excluding carboxylic acids is 4. The Balaban J connectivity index is 0.000000220. The van der Waals surface area contributed by atoms with E-state index in [1.54, 1.807) is 44.6 Å². The number of aliphatic carboxylic acids is 1. The van der Waals surface area contributed by atoms with E-state index in [1.807, 2.05) is 194 Å². The number of nitrogen functional groups attached to an aromatic ring is 1. The quantitative estimate of drug-likeness (QED) is 0.0118. The van der Waals surface area contributed by atoms with Crippen LogP contribution in [0.15, 0.2) is 296 Å². The minimum absolute atomic E-state index is 0.0189. The lowest BCUT2D eigenvalue weighted by Gasteiger charge is -2.27. The van der Waals surface area contributed by atoms with Crippen molar-refractivity contribution in [2.45, 2.75) is 267 Å². The molecule has 2 amide bonds. The second-order valence-electron chi connectivity index (χ2n) is 46.1. The minimum atomic E-state index is -1.43. The second-order valence-corrected chi connectivity index (χ2v) is 46.1. The number of carboxylic acid groups (broad SMARTS) is 1. The number of rotatable bonds is 15. The van der Waals surface area contributed by atoms with E-state index in [0.717, 1.165) is 89.8 Å². The van der Waals surface area contributed by atoms with Crippen molar-refractivity contribution in [1.82, 2.24) is 0 Å². The second kappa shape index (κ2) is 48.7. The number of anilines is 3. The van der Waals surface area contributed by atoms with Crippen molar-refractivity contribution in [3.8, 4) is 40.2 Å². The molecule has 0 fully saturated rings. The highest BCUT2D eigenvalue weighted by Gasteiger charge is 2.39. The van der Waals surface area contributed by atoms with Gasteiger partial charge in [-0.1, -0.05) is 369 Å². The summed E-state index contributed by atoms with van der Waals surface area (Å²) in [5.41, 5.74) is 28.2. The first-order valence-electron chi connectivity index (χ1n) is 49.3. The Morgan fingerprint density at radius 3 is 1.08 bits per heavy atom. The number of benzene rings is 13. The highest BCUT2D eigenvalue weighted by atomic mass is 16.5. The van der Waals surface area contributed by atoms with E-state index in [4.69, 9.17) is 44.7 Å². The maximum absolute atomic E-state index is 13.9. The number of esters is 1. The number of phenols is 4. The van der Waals surface area contributed by atoms with Gasteiger partial charge in [-0.25, -0.2) is 9.79 Å². The summed E-state index contributed by atoms with van der Waals surface area (Å²) in [6.45, 7) is 62.5. The summed E-state index contributed by atoms with van der Waals surface area (Å²) in [6, 6.07) is 93.6. The summed E-state index contributed by atoms with van der Waals surface area (Å²) in [5, 5.41) is 54.5. The number of nitrogens with zero attached hydrogens (tertiary/aromatic N) is 1. The number of aliphatic imine (C=N–C) groups is 1. The van der Waals surface area contributed by atoms with Crippen molar-refractivity contribution in [3.05, 3.63) is 397 Å². The number of aldehydes is 1. The molecule has 0 aromatic heterocycles. The Hall–Kier alpha value is -14.5. The van der Waals surface area contributed by atoms with Crippen LogP contribution < -0.4 is 30.6 Å². The van der Waals surface area contributed by atoms with Crippen molar-refractivity contribution in [2.75, 3.05) is 30.6 Å². The van der Waals surface area contributed by atoms with E-state index in [0.29, 0.717) is 33.9 Å². The van der Waals surface area contributed by atoms with Gasteiger partial charge in [0.2, 0.25) is 18.1 Å². The lowest BCUT2D eigenvalue weighted by molar-refractivity contribution is -0.143. The highest BCUT2D eigenvalue weighted by Crippen LogP contribution is 2.48. The molecule has 2 atom stereocenters. The lowest BCUT2D eigenvalue weighted by atomic mass is 9.79. The van der Waals surface area contributed by atoms with E-state index in [-0.39, 0.29) is 90.1 Å². The zero-order chi connectivity index (χ0) is 108. The van der Waals surface area contributed by atoms with Crippen LogP contribution in [-0.2, 0) is 72.7 Å². The number of nitrogens with two attached hydrogens (primary N) is 1. The van der Waals surface area contributed by atoms with Gasteiger partial charge in [0.1, 0.15) is 46.2 Å². The fourth-order valence-corrected chi connectivity index (χ4v) is 15.9. The third-order valence-electron chi connectivity index (χ3n) is 25.1. The van der Waals surface area contributed by atoms with E-state index in [9.17, 15) is 29.7 Å². The van der Waals surface area contributed by atoms with Crippen LogP contribution >= 0.6 is 0 Å². The topological polar surface area (TPSA) is 277 Å². The van der Waals surface area contributed by atoms with Gasteiger partial charge in [-0.2, -0.15) is 0 Å². The summed E-state index contributed by atoms with van der Waals surface area (Å²) in [7, 11) is 3.39. The van der Waals surface area contributed by atoms with E-state index >= 15 is 0 Å². The number of amides is 2. The number of ether oxygens (including phenoxy) is 3. The fourth-order valence-electron chi connectivity index (χ4n) is 15.9. The number of hydrogen-bond acceptors (Lipinski definition) is 14. The van der Waals surface area contributed by atoms with Gasteiger partial charge in [0.05, 0.1) is 37.3 Å². The van der Waals surface area contributed by atoms with Crippen LogP contribution in [-0.4, -0.2) is 75.7 Å². The monoisotopic (exact) mass is 1960 g/mol. The van der Waals surface area contributed by atoms with Gasteiger partial charge in [0, 0.05) is 50.4 Å². The van der Waals surface area contributed by atoms with Crippen LogP contribution in [0.25, 0.3) is 5.57 Å². The zero-order valence-corrected chi connectivity index (χ0v) is 91.0. The molecule has 0 saturated carbocycles. The van der Waals surface area contributed by atoms with Crippen LogP contribution in [0.1, 0.15) is 310 Å². The number of methoxy groups -OCH3 is 2. The maximum atomic E-state index is 13.9. The molecule has 0 saturated heterocycles.